The Hall–Kier alpha value is -4.00. The molecule has 1 amide bonds. The van der Waals surface area contributed by atoms with Crippen molar-refractivity contribution in [3.05, 3.63) is 83.3 Å². The molecule has 3 heterocycles. The number of amides is 1. The van der Waals surface area contributed by atoms with Crippen LogP contribution in [0.1, 0.15) is 46.1 Å². The molecule has 1 saturated carbocycles. The summed E-state index contributed by atoms with van der Waals surface area (Å²) in [5.41, 5.74) is 4.30. The van der Waals surface area contributed by atoms with Gasteiger partial charge in [0, 0.05) is 24.7 Å². The Labute approximate surface area is 191 Å². The van der Waals surface area contributed by atoms with E-state index in [1.54, 1.807) is 10.9 Å². The van der Waals surface area contributed by atoms with Gasteiger partial charge in [-0.25, -0.2) is 9.67 Å². The van der Waals surface area contributed by atoms with E-state index in [0.717, 1.165) is 40.8 Å². The summed E-state index contributed by atoms with van der Waals surface area (Å²) in [5, 5.41) is 15.3. The van der Waals surface area contributed by atoms with Crippen molar-refractivity contribution in [3.63, 3.8) is 0 Å². The minimum absolute atomic E-state index is 0.167. The van der Waals surface area contributed by atoms with Gasteiger partial charge in [0.15, 0.2) is 5.65 Å². The van der Waals surface area contributed by atoms with E-state index in [0.29, 0.717) is 23.8 Å². The van der Waals surface area contributed by atoms with Crippen molar-refractivity contribution in [2.75, 3.05) is 5.32 Å². The molecule has 0 atom stereocenters. The van der Waals surface area contributed by atoms with E-state index in [1.165, 1.54) is 10.8 Å². The number of hydrogen-bond donors (Lipinski definition) is 1. The average Bonchev–Trinajstić information content (AvgIpc) is 3.53. The first-order valence-electron chi connectivity index (χ1n) is 11.2. The van der Waals surface area contributed by atoms with Gasteiger partial charge in [-0.2, -0.15) is 10.2 Å². The normalized spacial score (nSPS) is 13.6. The number of pyridine rings is 1. The second-order valence-electron chi connectivity index (χ2n) is 8.74. The summed E-state index contributed by atoms with van der Waals surface area (Å²) in [7, 11) is 1.87. The number of nitrogens with one attached hydrogen (secondary N) is 1. The molecule has 5 aromatic rings. The van der Waals surface area contributed by atoms with Crippen LogP contribution in [0.15, 0.2) is 60.8 Å². The molecule has 7 nitrogen and oxygen atoms in total. The number of benzene rings is 2. The molecule has 33 heavy (non-hydrogen) atoms. The minimum Gasteiger partial charge on any atom is -0.307 e. The number of rotatable bonds is 5. The lowest BCUT2D eigenvalue weighted by Crippen LogP contribution is -2.17. The molecule has 1 fully saturated rings. The zero-order chi connectivity index (χ0) is 22.5. The molecule has 0 saturated heterocycles. The molecule has 7 heteroatoms. The van der Waals surface area contributed by atoms with Crippen LogP contribution in [0.3, 0.4) is 0 Å². The number of carbonyl (C=O) groups is 1. The predicted octanol–water partition coefficient (Wildman–Crippen LogP) is 4.80. The molecule has 1 aliphatic carbocycles. The van der Waals surface area contributed by atoms with Gasteiger partial charge >= 0.3 is 0 Å². The lowest BCUT2D eigenvalue weighted by atomic mass is 10.0. The number of anilines is 1. The van der Waals surface area contributed by atoms with Crippen molar-refractivity contribution in [2.24, 2.45) is 7.05 Å². The number of aryl methyl sites for hydroxylation is 2. The van der Waals surface area contributed by atoms with Gasteiger partial charge in [-0.1, -0.05) is 42.5 Å². The van der Waals surface area contributed by atoms with Crippen LogP contribution in [-0.4, -0.2) is 30.5 Å². The van der Waals surface area contributed by atoms with E-state index in [4.69, 9.17) is 4.98 Å². The fourth-order valence-electron chi connectivity index (χ4n) is 4.57. The molecule has 0 spiro atoms. The molecule has 2 aromatic carbocycles. The van der Waals surface area contributed by atoms with Gasteiger partial charge in [0.05, 0.1) is 29.4 Å². The number of hydrogen-bond acceptors (Lipinski definition) is 4. The van der Waals surface area contributed by atoms with Crippen LogP contribution in [0, 0.1) is 6.92 Å². The maximum Gasteiger partial charge on any atom is 0.257 e. The van der Waals surface area contributed by atoms with Gasteiger partial charge in [0.1, 0.15) is 5.82 Å². The minimum atomic E-state index is -0.167. The second-order valence-corrected chi connectivity index (χ2v) is 8.74. The Balaban J connectivity index is 1.35. The molecule has 1 N–H and O–H groups in total. The Bertz CT molecular complexity index is 1520. The van der Waals surface area contributed by atoms with E-state index in [1.807, 2.05) is 42.9 Å². The van der Waals surface area contributed by atoms with E-state index < -0.39 is 0 Å². The average molecular weight is 437 g/mol. The summed E-state index contributed by atoms with van der Waals surface area (Å²) in [5.74, 6) is 0.931. The number of fused-ring (bicyclic) bond motifs is 2. The van der Waals surface area contributed by atoms with Crippen LogP contribution < -0.4 is 5.32 Å². The summed E-state index contributed by atoms with van der Waals surface area (Å²) >= 11 is 0. The van der Waals surface area contributed by atoms with Gasteiger partial charge in [-0.3, -0.25) is 9.48 Å². The summed E-state index contributed by atoms with van der Waals surface area (Å²) < 4.78 is 3.59. The van der Waals surface area contributed by atoms with Gasteiger partial charge in [-0.15, -0.1) is 0 Å². The molecule has 0 radical (unpaired) electrons. The summed E-state index contributed by atoms with van der Waals surface area (Å²) in [4.78, 5) is 18.3. The number of aromatic nitrogens is 5. The number of nitrogens with zero attached hydrogens (tertiary/aromatic N) is 5. The van der Waals surface area contributed by atoms with Crippen LogP contribution in [0.5, 0.6) is 0 Å². The van der Waals surface area contributed by atoms with Gasteiger partial charge < -0.3 is 5.32 Å². The van der Waals surface area contributed by atoms with Crippen molar-refractivity contribution < 1.29 is 4.79 Å². The van der Waals surface area contributed by atoms with Gasteiger partial charge in [-0.05, 0) is 42.2 Å². The summed E-state index contributed by atoms with van der Waals surface area (Å²) in [6.07, 6.45) is 3.95. The highest BCUT2D eigenvalue weighted by atomic mass is 16.1. The van der Waals surface area contributed by atoms with Crippen molar-refractivity contribution in [3.8, 4) is 0 Å². The van der Waals surface area contributed by atoms with Crippen LogP contribution in [0.4, 0.5) is 5.82 Å². The quantitative estimate of drug-likeness (QED) is 0.429. The highest BCUT2D eigenvalue weighted by Crippen LogP contribution is 2.40. The first kappa shape index (κ1) is 19.7. The lowest BCUT2D eigenvalue weighted by Gasteiger charge is -2.12. The first-order chi connectivity index (χ1) is 16.1. The van der Waals surface area contributed by atoms with E-state index in [2.05, 4.69) is 45.8 Å². The Morgan fingerprint density at radius 1 is 1.12 bits per heavy atom. The van der Waals surface area contributed by atoms with Gasteiger partial charge in [0.2, 0.25) is 0 Å². The Morgan fingerprint density at radius 2 is 1.94 bits per heavy atom. The lowest BCUT2D eigenvalue weighted by molar-refractivity contribution is 0.102. The molecular weight excluding hydrogens is 412 g/mol. The fourth-order valence-corrected chi connectivity index (χ4v) is 4.57. The van der Waals surface area contributed by atoms with Crippen molar-refractivity contribution in [1.82, 2.24) is 24.5 Å². The predicted molar refractivity (Wildman–Crippen MR) is 128 cm³/mol. The highest BCUT2D eigenvalue weighted by molar-refractivity contribution is 6.12. The van der Waals surface area contributed by atoms with Crippen LogP contribution in [0.25, 0.3) is 21.8 Å². The van der Waals surface area contributed by atoms with Crippen molar-refractivity contribution in [1.29, 1.82) is 0 Å². The highest BCUT2D eigenvalue weighted by Gasteiger charge is 2.28. The maximum atomic E-state index is 13.5. The Kier molecular flexibility index (Phi) is 4.50. The molecule has 3 aromatic heterocycles. The van der Waals surface area contributed by atoms with Gasteiger partial charge in [0.25, 0.3) is 5.91 Å². The van der Waals surface area contributed by atoms with E-state index in [-0.39, 0.29) is 5.91 Å². The van der Waals surface area contributed by atoms with E-state index in [9.17, 15) is 4.79 Å². The SMILES string of the molecule is Cc1nn(C)c2nc(C3CC3)cc(C(=O)Nc3ccnn3Cc3cccc4ccccc34)c12. The molecule has 0 aliphatic heterocycles. The second kappa shape index (κ2) is 7.55. The molecule has 0 unspecified atom stereocenters. The van der Waals surface area contributed by atoms with Crippen LogP contribution in [0.2, 0.25) is 0 Å². The summed E-state index contributed by atoms with van der Waals surface area (Å²) in [6.45, 7) is 2.48. The smallest absolute Gasteiger partial charge is 0.257 e. The molecular formula is C26H24N6O. The van der Waals surface area contributed by atoms with Crippen molar-refractivity contribution >= 4 is 33.5 Å². The monoisotopic (exact) mass is 436 g/mol. The van der Waals surface area contributed by atoms with Crippen molar-refractivity contribution in [2.45, 2.75) is 32.2 Å². The molecule has 0 bridgehead atoms. The van der Waals surface area contributed by atoms with Crippen LogP contribution in [-0.2, 0) is 13.6 Å². The maximum absolute atomic E-state index is 13.5. The molecule has 1 aliphatic rings. The third-order valence-electron chi connectivity index (χ3n) is 6.39. The zero-order valence-corrected chi connectivity index (χ0v) is 18.6. The standard InChI is InChI=1S/C26H24N6O/c1-16-24-21(14-22(18-10-11-18)28-25(24)31(2)30-16)26(33)29-23-12-13-27-32(23)15-19-8-5-7-17-6-3-4-9-20(17)19/h3-9,12-14,18H,10-11,15H2,1-2H3,(H,29,33). The zero-order valence-electron chi connectivity index (χ0n) is 18.6. The largest absolute Gasteiger partial charge is 0.307 e. The topological polar surface area (TPSA) is 77.6 Å². The first-order valence-corrected chi connectivity index (χ1v) is 11.2. The van der Waals surface area contributed by atoms with Crippen LogP contribution >= 0.6 is 0 Å². The fraction of sp³-hybridized carbons (Fsp3) is 0.231. The third-order valence-corrected chi connectivity index (χ3v) is 6.39. The van der Waals surface area contributed by atoms with E-state index >= 15 is 0 Å². The summed E-state index contributed by atoms with van der Waals surface area (Å²) in [6, 6.07) is 18.3. The Morgan fingerprint density at radius 3 is 2.79 bits per heavy atom. The molecule has 6 rings (SSSR count). The molecule has 164 valence electrons. The third kappa shape index (κ3) is 3.46. The number of carbonyl (C=O) groups excluding carboxylic acids is 1.